The van der Waals surface area contributed by atoms with Gasteiger partial charge in [0.2, 0.25) is 0 Å². The summed E-state index contributed by atoms with van der Waals surface area (Å²) >= 11 is 1.95. The van der Waals surface area contributed by atoms with E-state index in [1.54, 1.807) is 12.1 Å². The number of piperidine rings is 1. The molecule has 0 spiro atoms. The van der Waals surface area contributed by atoms with Gasteiger partial charge >= 0.3 is 0 Å². The summed E-state index contributed by atoms with van der Waals surface area (Å²) in [6, 6.07) is 4.62. The third-order valence-electron chi connectivity index (χ3n) is 3.37. The molecule has 0 saturated carbocycles. The van der Waals surface area contributed by atoms with Crippen molar-refractivity contribution in [1.82, 2.24) is 4.90 Å². The lowest BCUT2D eigenvalue weighted by Gasteiger charge is -2.31. The highest BCUT2D eigenvalue weighted by molar-refractivity contribution is 7.99. The van der Waals surface area contributed by atoms with Crippen LogP contribution in [0.2, 0.25) is 0 Å². The molecule has 0 aliphatic carbocycles. The molecule has 17 heavy (non-hydrogen) atoms. The third kappa shape index (κ3) is 3.36. The van der Waals surface area contributed by atoms with Crippen molar-refractivity contribution in [1.29, 1.82) is 0 Å². The maximum atomic E-state index is 13.1. The van der Waals surface area contributed by atoms with E-state index < -0.39 is 0 Å². The van der Waals surface area contributed by atoms with Crippen LogP contribution in [0.1, 0.15) is 18.4 Å². The first-order chi connectivity index (χ1) is 8.19. The highest BCUT2D eigenvalue weighted by Crippen LogP contribution is 2.23. The minimum absolute atomic E-state index is 0.201. The Hall–Kier alpha value is -0.740. The lowest BCUT2D eigenvalue weighted by atomic mass is 10.1. The maximum absolute atomic E-state index is 13.1. The molecule has 0 unspecified atom stereocenters. The average molecular weight is 254 g/mol. The molecular weight excluding hydrogens is 235 g/mol. The van der Waals surface area contributed by atoms with Gasteiger partial charge in [-0.1, -0.05) is 0 Å². The molecule has 1 heterocycles. The van der Waals surface area contributed by atoms with Crippen LogP contribution in [0.5, 0.6) is 0 Å². The third-order valence-corrected chi connectivity index (χ3v) is 4.50. The normalized spacial score (nSPS) is 18.5. The zero-order chi connectivity index (χ0) is 12.3. The summed E-state index contributed by atoms with van der Waals surface area (Å²) < 4.78 is 13.1. The molecule has 2 nitrogen and oxygen atoms in total. The van der Waals surface area contributed by atoms with Crippen LogP contribution in [-0.4, -0.2) is 29.5 Å². The van der Waals surface area contributed by atoms with Gasteiger partial charge in [0.15, 0.2) is 0 Å². The van der Waals surface area contributed by atoms with Gasteiger partial charge in [-0.2, -0.15) is 11.8 Å². The number of hydrogen-bond acceptors (Lipinski definition) is 3. The van der Waals surface area contributed by atoms with Gasteiger partial charge in [0.05, 0.1) is 0 Å². The Morgan fingerprint density at radius 3 is 2.76 bits per heavy atom. The fourth-order valence-corrected chi connectivity index (χ4v) is 2.94. The zero-order valence-corrected chi connectivity index (χ0v) is 11.0. The van der Waals surface area contributed by atoms with Gasteiger partial charge in [0, 0.05) is 17.5 Å². The van der Waals surface area contributed by atoms with Crippen molar-refractivity contribution in [3.05, 3.63) is 29.6 Å². The number of nitrogens with zero attached hydrogens (tertiary/aromatic N) is 1. The van der Waals surface area contributed by atoms with Crippen LogP contribution in [0.4, 0.5) is 10.1 Å². The second-order valence-corrected chi connectivity index (χ2v) is 5.69. The zero-order valence-electron chi connectivity index (χ0n) is 10.2. The van der Waals surface area contributed by atoms with Crippen molar-refractivity contribution in [3.63, 3.8) is 0 Å². The summed E-state index contributed by atoms with van der Waals surface area (Å²) in [7, 11) is 0. The van der Waals surface area contributed by atoms with E-state index in [4.69, 9.17) is 5.73 Å². The van der Waals surface area contributed by atoms with Crippen molar-refractivity contribution in [2.24, 2.45) is 0 Å². The van der Waals surface area contributed by atoms with E-state index in [0.29, 0.717) is 5.69 Å². The smallest absolute Gasteiger partial charge is 0.123 e. The summed E-state index contributed by atoms with van der Waals surface area (Å²) in [5.41, 5.74) is 7.47. The number of likely N-dealkylation sites (tertiary alicyclic amines) is 1. The van der Waals surface area contributed by atoms with Gasteiger partial charge < -0.3 is 5.73 Å². The van der Waals surface area contributed by atoms with Crippen molar-refractivity contribution in [2.45, 2.75) is 24.6 Å². The Morgan fingerprint density at radius 1 is 1.41 bits per heavy atom. The second-order valence-electron chi connectivity index (χ2n) is 4.55. The van der Waals surface area contributed by atoms with Crippen LogP contribution in [0.3, 0.4) is 0 Å². The Bertz CT molecular complexity index is 376. The predicted octanol–water partition coefficient (Wildman–Crippen LogP) is 2.74. The number of anilines is 1. The fraction of sp³-hybridized carbons (Fsp3) is 0.538. The van der Waals surface area contributed by atoms with Crippen LogP contribution in [0, 0.1) is 5.82 Å². The average Bonchev–Trinajstić information content (AvgIpc) is 2.35. The molecule has 2 rings (SSSR count). The van der Waals surface area contributed by atoms with Gasteiger partial charge in [0.1, 0.15) is 5.82 Å². The van der Waals surface area contributed by atoms with Gasteiger partial charge in [-0.3, -0.25) is 4.90 Å². The molecular formula is C13H19FN2S. The summed E-state index contributed by atoms with van der Waals surface area (Å²) in [6.07, 6.45) is 4.61. The highest BCUT2D eigenvalue weighted by atomic mass is 32.2. The lowest BCUT2D eigenvalue weighted by molar-refractivity contribution is 0.225. The Balaban J connectivity index is 1.95. The quantitative estimate of drug-likeness (QED) is 0.841. The van der Waals surface area contributed by atoms with E-state index in [0.717, 1.165) is 30.4 Å². The standard InChI is InChI=1S/C13H19FN2S/c1-17-12-4-6-16(7-5-12)9-10-8-11(14)2-3-13(10)15/h2-3,8,12H,4-7,9,15H2,1H3. The Labute approximate surface area is 106 Å². The van der Waals surface area contributed by atoms with E-state index in [-0.39, 0.29) is 5.82 Å². The summed E-state index contributed by atoms with van der Waals surface area (Å²) in [6.45, 7) is 2.94. The van der Waals surface area contributed by atoms with Gasteiger partial charge in [-0.25, -0.2) is 4.39 Å². The predicted molar refractivity (Wildman–Crippen MR) is 72.6 cm³/mol. The minimum Gasteiger partial charge on any atom is -0.398 e. The molecule has 1 fully saturated rings. The minimum atomic E-state index is -0.201. The summed E-state index contributed by atoms with van der Waals surface area (Å²) in [4.78, 5) is 2.36. The first-order valence-corrected chi connectivity index (χ1v) is 7.27. The molecule has 0 amide bonds. The summed E-state index contributed by atoms with van der Waals surface area (Å²) in [5, 5.41) is 0.788. The van der Waals surface area contributed by atoms with Crippen LogP contribution < -0.4 is 5.73 Å². The number of benzene rings is 1. The maximum Gasteiger partial charge on any atom is 0.123 e. The van der Waals surface area contributed by atoms with Crippen molar-refractivity contribution in [2.75, 3.05) is 25.1 Å². The van der Waals surface area contributed by atoms with E-state index >= 15 is 0 Å². The molecule has 1 aromatic rings. The van der Waals surface area contributed by atoms with Gasteiger partial charge in [-0.05, 0) is 55.9 Å². The molecule has 1 aliphatic rings. The SMILES string of the molecule is CSC1CCN(Cc2cc(F)ccc2N)CC1. The molecule has 94 valence electrons. The molecule has 0 bridgehead atoms. The van der Waals surface area contributed by atoms with E-state index in [9.17, 15) is 4.39 Å². The van der Waals surface area contributed by atoms with Crippen LogP contribution >= 0.6 is 11.8 Å². The molecule has 2 N–H and O–H groups in total. The molecule has 0 aromatic heterocycles. The molecule has 4 heteroatoms. The number of thioether (sulfide) groups is 1. The van der Waals surface area contributed by atoms with E-state index in [1.807, 2.05) is 11.8 Å². The molecule has 0 atom stereocenters. The Morgan fingerprint density at radius 2 is 2.12 bits per heavy atom. The van der Waals surface area contributed by atoms with E-state index in [1.165, 1.54) is 18.9 Å². The largest absolute Gasteiger partial charge is 0.398 e. The number of halogens is 1. The van der Waals surface area contributed by atoms with E-state index in [2.05, 4.69) is 11.2 Å². The number of nitrogens with two attached hydrogens (primary N) is 1. The fourth-order valence-electron chi connectivity index (χ4n) is 2.26. The first-order valence-electron chi connectivity index (χ1n) is 5.98. The highest BCUT2D eigenvalue weighted by Gasteiger charge is 2.18. The molecule has 1 aromatic carbocycles. The Kier molecular flexibility index (Phi) is 4.29. The van der Waals surface area contributed by atoms with Crippen molar-refractivity contribution in [3.8, 4) is 0 Å². The van der Waals surface area contributed by atoms with Crippen LogP contribution in [0.15, 0.2) is 18.2 Å². The monoisotopic (exact) mass is 254 g/mol. The number of rotatable bonds is 3. The van der Waals surface area contributed by atoms with Gasteiger partial charge in [-0.15, -0.1) is 0 Å². The van der Waals surface area contributed by atoms with Gasteiger partial charge in [0.25, 0.3) is 0 Å². The number of hydrogen-bond donors (Lipinski definition) is 1. The molecule has 1 saturated heterocycles. The van der Waals surface area contributed by atoms with Crippen LogP contribution in [0.25, 0.3) is 0 Å². The van der Waals surface area contributed by atoms with Crippen molar-refractivity contribution < 1.29 is 4.39 Å². The topological polar surface area (TPSA) is 29.3 Å². The lowest BCUT2D eigenvalue weighted by Crippen LogP contribution is -2.34. The first kappa shape index (κ1) is 12.7. The van der Waals surface area contributed by atoms with Crippen molar-refractivity contribution >= 4 is 17.4 Å². The molecule has 0 radical (unpaired) electrons. The van der Waals surface area contributed by atoms with Crippen LogP contribution in [-0.2, 0) is 6.54 Å². The molecule has 1 aliphatic heterocycles. The summed E-state index contributed by atoms with van der Waals surface area (Å²) in [5.74, 6) is -0.201. The second kappa shape index (κ2) is 5.74. The number of nitrogen functional groups attached to an aromatic ring is 1.